The molecule has 27 heavy (non-hydrogen) atoms. The van der Waals surface area contributed by atoms with E-state index in [0.717, 1.165) is 57.9 Å². The minimum Gasteiger partial charge on any atom is -0.361 e. The molecule has 1 aliphatic heterocycles. The highest BCUT2D eigenvalue weighted by Gasteiger charge is 2.22. The van der Waals surface area contributed by atoms with E-state index in [4.69, 9.17) is 0 Å². The molecule has 4 heterocycles. The monoisotopic (exact) mass is 376 g/mol. The lowest BCUT2D eigenvalue weighted by atomic mass is 10.1. The van der Waals surface area contributed by atoms with Gasteiger partial charge in [0.15, 0.2) is 0 Å². The van der Waals surface area contributed by atoms with Crippen molar-refractivity contribution in [2.45, 2.75) is 19.8 Å². The van der Waals surface area contributed by atoms with Crippen molar-refractivity contribution in [2.24, 2.45) is 0 Å². The van der Waals surface area contributed by atoms with E-state index in [1.807, 2.05) is 23.2 Å². The van der Waals surface area contributed by atoms with Crippen LogP contribution in [0.15, 0.2) is 42.7 Å². The van der Waals surface area contributed by atoms with Gasteiger partial charge in [-0.05, 0) is 55.7 Å². The Balaban J connectivity index is 1.52. The van der Waals surface area contributed by atoms with E-state index in [1.54, 1.807) is 6.20 Å². The summed E-state index contributed by atoms with van der Waals surface area (Å²) in [6.45, 7) is 3.84. The number of hydrogen-bond donors (Lipinski definition) is 2. The van der Waals surface area contributed by atoms with Gasteiger partial charge in [0.1, 0.15) is 4.83 Å². The number of carbonyl (C=O) groups is 1. The van der Waals surface area contributed by atoms with Crippen molar-refractivity contribution in [3.05, 3.63) is 53.2 Å². The number of thiophene rings is 1. The summed E-state index contributed by atoms with van der Waals surface area (Å²) in [5.74, 6) is 0.131. The van der Waals surface area contributed by atoms with Gasteiger partial charge in [0.05, 0.1) is 10.6 Å². The van der Waals surface area contributed by atoms with Gasteiger partial charge in [-0.3, -0.25) is 4.79 Å². The Morgan fingerprint density at radius 3 is 2.85 bits per heavy atom. The van der Waals surface area contributed by atoms with Crippen LogP contribution in [0.3, 0.4) is 0 Å². The minimum atomic E-state index is 0.131. The molecular weight excluding hydrogens is 356 g/mol. The number of hydrogen-bond acceptors (Lipinski definition) is 4. The molecule has 0 saturated carbocycles. The maximum Gasteiger partial charge on any atom is 0.264 e. The number of fused-ring (bicyclic) bond motifs is 2. The molecule has 0 atom stereocenters. The fourth-order valence-corrected chi connectivity index (χ4v) is 4.79. The zero-order valence-electron chi connectivity index (χ0n) is 15.1. The number of carbonyl (C=O) groups excluding carboxylic acids is 1. The predicted octanol–water partition coefficient (Wildman–Crippen LogP) is 5.07. The molecule has 0 bridgehead atoms. The third-order valence-corrected chi connectivity index (χ3v) is 6.34. The van der Waals surface area contributed by atoms with E-state index in [0.29, 0.717) is 0 Å². The Bertz CT molecular complexity index is 1150. The standard InChI is InChI=1S/C21H20N4OS/c1-13-14-6-8-22-17(14)5-4-16(13)24-18-7-9-23-20-15(18)12-19(27-20)21(26)25-10-2-3-11-25/h4-9,12,22H,2-3,10-11H2,1H3,(H,23,24). The third-order valence-electron chi connectivity index (χ3n) is 5.31. The van der Waals surface area contributed by atoms with Crippen LogP contribution in [0.4, 0.5) is 11.4 Å². The molecule has 3 aromatic heterocycles. The average molecular weight is 376 g/mol. The molecule has 1 aromatic carbocycles. The molecule has 5 rings (SSSR count). The molecule has 0 radical (unpaired) electrons. The lowest BCUT2D eigenvalue weighted by Gasteiger charge is -2.13. The van der Waals surface area contributed by atoms with E-state index in [2.05, 4.69) is 40.4 Å². The average Bonchev–Trinajstić information content (AvgIpc) is 3.43. The second kappa shape index (κ2) is 6.39. The molecule has 0 spiro atoms. The highest BCUT2D eigenvalue weighted by atomic mass is 32.1. The van der Waals surface area contributed by atoms with Gasteiger partial charge < -0.3 is 15.2 Å². The van der Waals surface area contributed by atoms with E-state index in [1.165, 1.54) is 22.3 Å². The highest BCUT2D eigenvalue weighted by Crippen LogP contribution is 2.34. The molecule has 0 aliphatic carbocycles. The lowest BCUT2D eigenvalue weighted by Crippen LogP contribution is -2.26. The van der Waals surface area contributed by atoms with Crippen molar-refractivity contribution in [1.29, 1.82) is 0 Å². The van der Waals surface area contributed by atoms with Gasteiger partial charge in [-0.1, -0.05) is 0 Å². The Morgan fingerprint density at radius 1 is 1.15 bits per heavy atom. The minimum absolute atomic E-state index is 0.131. The first-order valence-electron chi connectivity index (χ1n) is 9.22. The number of H-pyrrole nitrogens is 1. The number of likely N-dealkylation sites (tertiary alicyclic amines) is 1. The predicted molar refractivity (Wildman–Crippen MR) is 111 cm³/mol. The number of rotatable bonds is 3. The molecular formula is C21H20N4OS. The van der Waals surface area contributed by atoms with Gasteiger partial charge in [-0.25, -0.2) is 4.98 Å². The summed E-state index contributed by atoms with van der Waals surface area (Å²) in [5, 5.41) is 5.75. The summed E-state index contributed by atoms with van der Waals surface area (Å²) in [6, 6.07) is 10.2. The van der Waals surface area contributed by atoms with Crippen LogP contribution >= 0.6 is 11.3 Å². The molecule has 1 fully saturated rings. The van der Waals surface area contributed by atoms with Crippen molar-refractivity contribution in [1.82, 2.24) is 14.9 Å². The molecule has 2 N–H and O–H groups in total. The van der Waals surface area contributed by atoms with Gasteiger partial charge in [0.2, 0.25) is 0 Å². The van der Waals surface area contributed by atoms with Crippen LogP contribution in [0.5, 0.6) is 0 Å². The van der Waals surface area contributed by atoms with E-state index in [-0.39, 0.29) is 5.91 Å². The van der Waals surface area contributed by atoms with E-state index in [9.17, 15) is 4.79 Å². The van der Waals surface area contributed by atoms with Crippen molar-refractivity contribution in [3.8, 4) is 0 Å². The molecule has 0 unspecified atom stereocenters. The lowest BCUT2D eigenvalue weighted by molar-refractivity contribution is 0.0797. The van der Waals surface area contributed by atoms with Gasteiger partial charge in [0, 0.05) is 47.5 Å². The third kappa shape index (κ3) is 2.77. The number of aromatic amines is 1. The number of benzene rings is 1. The van der Waals surface area contributed by atoms with Crippen LogP contribution in [0.25, 0.3) is 21.1 Å². The second-order valence-electron chi connectivity index (χ2n) is 6.99. The number of amides is 1. The Labute approximate surface area is 161 Å². The SMILES string of the molecule is Cc1c(Nc2ccnc3sc(C(=O)N4CCCC4)cc23)ccc2[nH]ccc12. The van der Waals surface area contributed by atoms with Gasteiger partial charge in [-0.15, -0.1) is 11.3 Å². The number of pyridine rings is 1. The van der Waals surface area contributed by atoms with Gasteiger partial charge in [0.25, 0.3) is 5.91 Å². The zero-order valence-corrected chi connectivity index (χ0v) is 15.9. The number of anilines is 2. The van der Waals surface area contributed by atoms with Crippen LogP contribution in [0.1, 0.15) is 28.1 Å². The summed E-state index contributed by atoms with van der Waals surface area (Å²) in [6.07, 6.45) is 5.96. The Morgan fingerprint density at radius 2 is 2.00 bits per heavy atom. The Hall–Kier alpha value is -2.86. The first-order chi connectivity index (χ1) is 13.2. The number of aryl methyl sites for hydroxylation is 1. The molecule has 5 nitrogen and oxygen atoms in total. The first-order valence-corrected chi connectivity index (χ1v) is 10.0. The maximum atomic E-state index is 12.7. The van der Waals surface area contributed by atoms with Gasteiger partial charge in [-0.2, -0.15) is 0 Å². The summed E-state index contributed by atoms with van der Waals surface area (Å²) < 4.78 is 0. The van der Waals surface area contributed by atoms with Crippen molar-refractivity contribution in [3.63, 3.8) is 0 Å². The normalized spacial score (nSPS) is 14.3. The number of nitrogens with zero attached hydrogens (tertiary/aromatic N) is 2. The van der Waals surface area contributed by atoms with Crippen molar-refractivity contribution in [2.75, 3.05) is 18.4 Å². The maximum absolute atomic E-state index is 12.7. The number of aromatic nitrogens is 2. The van der Waals surface area contributed by atoms with Crippen LogP contribution in [-0.2, 0) is 0 Å². The van der Waals surface area contributed by atoms with Crippen LogP contribution in [0, 0.1) is 6.92 Å². The van der Waals surface area contributed by atoms with E-state index < -0.39 is 0 Å². The molecule has 6 heteroatoms. The molecule has 1 aliphatic rings. The zero-order chi connectivity index (χ0) is 18.4. The Kier molecular flexibility index (Phi) is 3.86. The molecule has 1 saturated heterocycles. The summed E-state index contributed by atoms with van der Waals surface area (Å²) in [4.78, 5) is 24.1. The molecule has 4 aromatic rings. The second-order valence-corrected chi connectivity index (χ2v) is 8.02. The fourth-order valence-electron chi connectivity index (χ4n) is 3.79. The van der Waals surface area contributed by atoms with Crippen LogP contribution in [0.2, 0.25) is 0 Å². The van der Waals surface area contributed by atoms with Crippen LogP contribution < -0.4 is 5.32 Å². The van der Waals surface area contributed by atoms with Gasteiger partial charge >= 0.3 is 0 Å². The summed E-state index contributed by atoms with van der Waals surface area (Å²) >= 11 is 1.48. The smallest absolute Gasteiger partial charge is 0.264 e. The fraction of sp³-hybridized carbons (Fsp3) is 0.238. The number of nitrogens with one attached hydrogen (secondary N) is 2. The van der Waals surface area contributed by atoms with Crippen molar-refractivity contribution < 1.29 is 4.79 Å². The largest absolute Gasteiger partial charge is 0.361 e. The van der Waals surface area contributed by atoms with Crippen molar-refractivity contribution >= 4 is 49.7 Å². The highest BCUT2D eigenvalue weighted by molar-refractivity contribution is 7.20. The molecule has 136 valence electrons. The van der Waals surface area contributed by atoms with Crippen LogP contribution in [-0.4, -0.2) is 33.9 Å². The summed E-state index contributed by atoms with van der Waals surface area (Å²) in [7, 11) is 0. The van der Waals surface area contributed by atoms with E-state index >= 15 is 0 Å². The topological polar surface area (TPSA) is 61.0 Å². The summed E-state index contributed by atoms with van der Waals surface area (Å²) in [5.41, 5.74) is 4.37. The molecule has 1 amide bonds. The quantitative estimate of drug-likeness (QED) is 0.525. The first kappa shape index (κ1) is 16.3.